The fourth-order valence-electron chi connectivity index (χ4n) is 7.16. The molecule has 5 rings (SSSR count). The standard InChI is InChI=1S/C45H53N3O7S/c1-5-35(6-2)48(38(49)25-26-45(3,4)44(54)55)28-31-13-10-14-33(27-31)40(50)47-42-39(36-15-7-8-16-37(36)56-42)41(51)46-34-23-19-30(20-24-34)12-9-11-29-17-21-32(22-18-29)43(52)53/h10,13-14,17-24,27,35H,5-9,11-12,15-16,25-26,28H2,1-4H3,(H,46,51)(H,47,50)(H,52,53)(H,54,55). The molecule has 1 aliphatic carbocycles. The molecule has 0 saturated heterocycles. The highest BCUT2D eigenvalue weighted by molar-refractivity contribution is 7.17. The molecule has 1 aliphatic rings. The first kappa shape index (κ1) is 41.9. The highest BCUT2D eigenvalue weighted by Crippen LogP contribution is 2.39. The molecule has 0 spiro atoms. The van der Waals surface area contributed by atoms with E-state index in [9.17, 15) is 29.1 Å². The van der Waals surface area contributed by atoms with Gasteiger partial charge in [-0.15, -0.1) is 11.3 Å². The van der Waals surface area contributed by atoms with E-state index in [2.05, 4.69) is 10.6 Å². The molecule has 1 heterocycles. The first-order chi connectivity index (χ1) is 26.8. The van der Waals surface area contributed by atoms with Crippen molar-refractivity contribution in [3.8, 4) is 0 Å². The first-order valence-electron chi connectivity index (χ1n) is 19.6. The normalized spacial score (nSPS) is 12.5. The van der Waals surface area contributed by atoms with Crippen molar-refractivity contribution in [1.82, 2.24) is 4.90 Å². The summed E-state index contributed by atoms with van der Waals surface area (Å²) in [5.41, 5.74) is 4.82. The number of carbonyl (C=O) groups is 5. The molecular formula is C45H53N3O7S. The van der Waals surface area contributed by atoms with Gasteiger partial charge in [-0.2, -0.15) is 0 Å². The fraction of sp³-hybridized carbons (Fsp3) is 0.400. The van der Waals surface area contributed by atoms with Gasteiger partial charge in [-0.1, -0.05) is 50.2 Å². The maximum Gasteiger partial charge on any atom is 0.335 e. The number of hydrogen-bond acceptors (Lipinski definition) is 6. The lowest BCUT2D eigenvalue weighted by Crippen LogP contribution is -2.40. The average Bonchev–Trinajstić information content (AvgIpc) is 3.55. The van der Waals surface area contributed by atoms with Gasteiger partial charge in [-0.3, -0.25) is 19.2 Å². The molecule has 11 heteroatoms. The summed E-state index contributed by atoms with van der Waals surface area (Å²) in [7, 11) is 0. The maximum atomic E-state index is 13.9. The van der Waals surface area contributed by atoms with Crippen molar-refractivity contribution in [1.29, 1.82) is 0 Å². The van der Waals surface area contributed by atoms with E-state index < -0.39 is 17.4 Å². The minimum absolute atomic E-state index is 0.0283. The van der Waals surface area contributed by atoms with Crippen LogP contribution in [0.3, 0.4) is 0 Å². The van der Waals surface area contributed by atoms with Gasteiger partial charge in [0.05, 0.1) is 16.5 Å². The van der Waals surface area contributed by atoms with E-state index in [4.69, 9.17) is 5.11 Å². The summed E-state index contributed by atoms with van der Waals surface area (Å²) in [6, 6.07) is 21.9. The Morgan fingerprint density at radius 1 is 0.786 bits per heavy atom. The van der Waals surface area contributed by atoms with Crippen LogP contribution in [0.5, 0.6) is 0 Å². The second-order valence-electron chi connectivity index (χ2n) is 15.3. The molecule has 10 nitrogen and oxygen atoms in total. The third-order valence-corrected chi connectivity index (χ3v) is 12.0. The molecule has 296 valence electrons. The predicted molar refractivity (Wildman–Crippen MR) is 221 cm³/mol. The number of nitrogens with one attached hydrogen (secondary N) is 2. The molecule has 0 radical (unpaired) electrons. The van der Waals surface area contributed by atoms with Crippen LogP contribution in [0.25, 0.3) is 0 Å². The van der Waals surface area contributed by atoms with Crippen molar-refractivity contribution in [2.75, 3.05) is 10.6 Å². The second-order valence-corrected chi connectivity index (χ2v) is 16.4. The van der Waals surface area contributed by atoms with Gasteiger partial charge < -0.3 is 25.7 Å². The molecule has 0 aliphatic heterocycles. The third kappa shape index (κ3) is 10.7. The molecule has 0 saturated carbocycles. The van der Waals surface area contributed by atoms with Crippen molar-refractivity contribution in [2.24, 2.45) is 5.41 Å². The molecular weight excluding hydrogens is 727 g/mol. The molecule has 3 amide bonds. The first-order valence-corrected chi connectivity index (χ1v) is 20.4. The Bertz CT molecular complexity index is 2030. The number of thiophene rings is 1. The number of aryl methyl sites for hydroxylation is 3. The number of anilines is 2. The fourth-order valence-corrected chi connectivity index (χ4v) is 8.44. The summed E-state index contributed by atoms with van der Waals surface area (Å²) in [6.45, 7) is 7.60. The molecule has 4 N–H and O–H groups in total. The Morgan fingerprint density at radius 3 is 2.05 bits per heavy atom. The van der Waals surface area contributed by atoms with Crippen LogP contribution in [-0.4, -0.2) is 50.8 Å². The lowest BCUT2D eigenvalue weighted by molar-refractivity contribution is -0.148. The summed E-state index contributed by atoms with van der Waals surface area (Å²) in [5.74, 6) is -2.59. The van der Waals surface area contributed by atoms with Crippen molar-refractivity contribution in [2.45, 2.75) is 111 Å². The van der Waals surface area contributed by atoms with Gasteiger partial charge in [0, 0.05) is 35.1 Å². The van der Waals surface area contributed by atoms with Crippen LogP contribution in [0, 0.1) is 5.41 Å². The summed E-state index contributed by atoms with van der Waals surface area (Å²) in [5, 5.41) is 25.3. The van der Waals surface area contributed by atoms with Crippen molar-refractivity contribution >= 4 is 51.7 Å². The number of aromatic carboxylic acids is 1. The van der Waals surface area contributed by atoms with Gasteiger partial charge in [0.15, 0.2) is 0 Å². The van der Waals surface area contributed by atoms with E-state index in [0.29, 0.717) is 28.4 Å². The van der Waals surface area contributed by atoms with E-state index in [-0.39, 0.29) is 42.2 Å². The Labute approximate surface area is 333 Å². The van der Waals surface area contributed by atoms with Crippen LogP contribution in [0.1, 0.15) is 131 Å². The zero-order valence-corrected chi connectivity index (χ0v) is 33.6. The largest absolute Gasteiger partial charge is 0.481 e. The number of amides is 3. The highest BCUT2D eigenvalue weighted by atomic mass is 32.1. The molecule has 0 fully saturated rings. The summed E-state index contributed by atoms with van der Waals surface area (Å²) in [4.78, 5) is 66.9. The summed E-state index contributed by atoms with van der Waals surface area (Å²) >= 11 is 1.46. The van der Waals surface area contributed by atoms with Gasteiger partial charge in [0.1, 0.15) is 5.00 Å². The number of benzene rings is 3. The predicted octanol–water partition coefficient (Wildman–Crippen LogP) is 9.41. The highest BCUT2D eigenvalue weighted by Gasteiger charge is 2.31. The Morgan fingerprint density at radius 2 is 1.43 bits per heavy atom. The minimum Gasteiger partial charge on any atom is -0.481 e. The van der Waals surface area contributed by atoms with Crippen LogP contribution in [0.2, 0.25) is 0 Å². The lowest BCUT2D eigenvalue weighted by Gasteiger charge is -2.32. The van der Waals surface area contributed by atoms with Gasteiger partial charge in [-0.05, 0) is 137 Å². The Balaban J connectivity index is 1.26. The van der Waals surface area contributed by atoms with Crippen LogP contribution in [0.15, 0.2) is 72.8 Å². The number of carboxylic acids is 2. The number of fused-ring (bicyclic) bond motifs is 1. The topological polar surface area (TPSA) is 153 Å². The maximum absolute atomic E-state index is 13.9. The number of hydrogen-bond donors (Lipinski definition) is 4. The Kier molecular flexibility index (Phi) is 14.2. The summed E-state index contributed by atoms with van der Waals surface area (Å²) in [6.07, 6.45) is 8.00. The number of aliphatic carboxylic acids is 1. The number of nitrogens with zero attached hydrogens (tertiary/aromatic N) is 1. The van der Waals surface area contributed by atoms with Gasteiger partial charge >= 0.3 is 11.9 Å². The van der Waals surface area contributed by atoms with Crippen molar-refractivity contribution in [3.63, 3.8) is 0 Å². The molecule has 0 bridgehead atoms. The summed E-state index contributed by atoms with van der Waals surface area (Å²) < 4.78 is 0. The molecule has 4 aromatic rings. The monoisotopic (exact) mass is 779 g/mol. The molecule has 0 unspecified atom stereocenters. The van der Waals surface area contributed by atoms with Crippen molar-refractivity contribution in [3.05, 3.63) is 117 Å². The molecule has 56 heavy (non-hydrogen) atoms. The molecule has 0 atom stereocenters. The SMILES string of the molecule is CCC(CC)N(Cc1cccc(C(=O)Nc2sc3c(c2C(=O)Nc2ccc(CCCc4ccc(C(=O)O)cc4)cc2)CCCC3)c1)C(=O)CCC(C)(C)C(=O)O. The lowest BCUT2D eigenvalue weighted by atomic mass is 9.87. The smallest absolute Gasteiger partial charge is 0.335 e. The van der Waals surface area contributed by atoms with E-state index in [1.165, 1.54) is 11.3 Å². The average molecular weight is 780 g/mol. The van der Waals surface area contributed by atoms with Gasteiger partial charge in [0.2, 0.25) is 5.91 Å². The molecule has 1 aromatic heterocycles. The number of rotatable bonds is 18. The van der Waals surface area contributed by atoms with Crippen LogP contribution >= 0.6 is 11.3 Å². The minimum atomic E-state index is -1.02. The number of carbonyl (C=O) groups excluding carboxylic acids is 3. The van der Waals surface area contributed by atoms with E-state index in [0.717, 1.165) is 84.9 Å². The van der Waals surface area contributed by atoms with Crippen LogP contribution < -0.4 is 10.6 Å². The van der Waals surface area contributed by atoms with Crippen molar-refractivity contribution < 1.29 is 34.2 Å². The van der Waals surface area contributed by atoms with Crippen LogP contribution in [0.4, 0.5) is 10.7 Å². The van der Waals surface area contributed by atoms with E-state index in [1.807, 2.05) is 61.2 Å². The van der Waals surface area contributed by atoms with Gasteiger partial charge in [0.25, 0.3) is 11.8 Å². The van der Waals surface area contributed by atoms with Gasteiger partial charge in [-0.25, -0.2) is 4.79 Å². The second kappa shape index (κ2) is 19.0. The molecule has 3 aromatic carbocycles. The quantitative estimate of drug-likeness (QED) is 0.0785. The Hall–Kier alpha value is -5.29. The zero-order chi connectivity index (χ0) is 40.4. The third-order valence-electron chi connectivity index (χ3n) is 10.8. The van der Waals surface area contributed by atoms with E-state index in [1.54, 1.807) is 44.2 Å². The van der Waals surface area contributed by atoms with E-state index >= 15 is 0 Å². The number of carboxylic acid groups (broad SMARTS) is 2. The van der Waals surface area contributed by atoms with Crippen LogP contribution in [-0.2, 0) is 41.8 Å². The zero-order valence-electron chi connectivity index (χ0n) is 32.8.